The SMILES string of the molecule is C[C@@]1(O)CC[C@@]2(C)[C@H](CCC3[C@@H]2CC[C@]2(C)[C@@H](C(O)Cn4nc5ccc(F)c(F)c5n4)CC[C@@H]32)C1. The summed E-state index contributed by atoms with van der Waals surface area (Å²) in [4.78, 5) is 1.35. The standard InChI is InChI=1S/C28H39F2N3O2/c1-26(35)12-13-27(2)16(14-26)4-5-17-18-6-7-20(28(18,3)11-10-19(17)27)23(34)15-33-31-22-9-8-21(29)24(30)25(22)32-33/h8-9,16-20,23,34-35H,4-7,10-15H2,1-3H3/t16-,17?,18+,19+,20-,23?,26-,27+,28+/m1/s1. The highest BCUT2D eigenvalue weighted by Gasteiger charge is 2.61. The van der Waals surface area contributed by atoms with Crippen molar-refractivity contribution >= 4 is 11.0 Å². The van der Waals surface area contributed by atoms with Crippen LogP contribution in [0.5, 0.6) is 0 Å². The van der Waals surface area contributed by atoms with Gasteiger partial charge in [0, 0.05) is 0 Å². The van der Waals surface area contributed by atoms with E-state index in [0.717, 1.165) is 44.6 Å². The molecule has 35 heavy (non-hydrogen) atoms. The third-order valence-electron chi connectivity index (χ3n) is 11.3. The van der Waals surface area contributed by atoms with Crippen LogP contribution in [0.2, 0.25) is 0 Å². The second-order valence-corrected chi connectivity index (χ2v) is 13.1. The van der Waals surface area contributed by atoms with Crippen molar-refractivity contribution in [2.24, 2.45) is 40.4 Å². The van der Waals surface area contributed by atoms with Crippen LogP contribution in [0.25, 0.3) is 11.0 Å². The molecule has 5 nitrogen and oxygen atoms in total. The van der Waals surface area contributed by atoms with Crippen molar-refractivity contribution in [1.29, 1.82) is 0 Å². The van der Waals surface area contributed by atoms with E-state index in [1.807, 2.05) is 6.92 Å². The van der Waals surface area contributed by atoms with Crippen LogP contribution in [-0.4, -0.2) is 36.9 Å². The Bertz CT molecular complexity index is 1130. The highest BCUT2D eigenvalue weighted by molar-refractivity contribution is 5.74. The highest BCUT2D eigenvalue weighted by atomic mass is 19.2. The minimum atomic E-state index is -0.984. The lowest BCUT2D eigenvalue weighted by atomic mass is 9.44. The molecule has 1 aromatic heterocycles. The Labute approximate surface area is 206 Å². The average molecular weight is 488 g/mol. The zero-order chi connectivity index (χ0) is 24.8. The second-order valence-electron chi connectivity index (χ2n) is 13.1. The van der Waals surface area contributed by atoms with Gasteiger partial charge in [-0.15, -0.1) is 0 Å². The van der Waals surface area contributed by atoms with Gasteiger partial charge in [-0.1, -0.05) is 13.8 Å². The lowest BCUT2D eigenvalue weighted by molar-refractivity contribution is -0.150. The first-order valence-electron chi connectivity index (χ1n) is 13.6. The minimum absolute atomic E-state index is 0.0773. The van der Waals surface area contributed by atoms with E-state index in [0.29, 0.717) is 34.6 Å². The predicted molar refractivity (Wildman–Crippen MR) is 129 cm³/mol. The van der Waals surface area contributed by atoms with Crippen molar-refractivity contribution in [3.05, 3.63) is 23.8 Å². The minimum Gasteiger partial charge on any atom is -0.391 e. The molecule has 9 atom stereocenters. The fourth-order valence-corrected chi connectivity index (χ4v) is 9.45. The fourth-order valence-electron chi connectivity index (χ4n) is 9.45. The molecule has 7 heteroatoms. The van der Waals surface area contributed by atoms with Gasteiger partial charge in [-0.05, 0) is 117 Å². The second kappa shape index (κ2) is 7.95. The first-order chi connectivity index (χ1) is 16.5. The maximum absolute atomic E-state index is 14.1. The van der Waals surface area contributed by atoms with E-state index in [-0.39, 0.29) is 23.4 Å². The summed E-state index contributed by atoms with van der Waals surface area (Å²) in [5.41, 5.74) is 0.117. The molecule has 1 heterocycles. The molecule has 0 amide bonds. The Balaban J connectivity index is 1.20. The Kier molecular flexibility index (Phi) is 5.40. The number of hydrogen-bond donors (Lipinski definition) is 2. The molecule has 4 aliphatic rings. The number of aliphatic hydroxyl groups excluding tert-OH is 1. The molecular formula is C28H39F2N3O2. The molecule has 6 rings (SSSR count). The molecule has 4 fully saturated rings. The molecule has 0 bridgehead atoms. The van der Waals surface area contributed by atoms with Gasteiger partial charge in [0.25, 0.3) is 0 Å². The van der Waals surface area contributed by atoms with E-state index in [9.17, 15) is 19.0 Å². The molecule has 2 unspecified atom stereocenters. The monoisotopic (exact) mass is 487 g/mol. The molecule has 2 N–H and O–H groups in total. The van der Waals surface area contributed by atoms with Crippen LogP contribution in [0, 0.1) is 52.1 Å². The van der Waals surface area contributed by atoms with Gasteiger partial charge in [0.05, 0.1) is 18.2 Å². The maximum atomic E-state index is 14.1. The normalized spacial score (nSPS) is 44.0. The smallest absolute Gasteiger partial charge is 0.188 e. The number of nitrogens with zero attached hydrogens (tertiary/aromatic N) is 3. The molecule has 0 spiro atoms. The first-order valence-corrected chi connectivity index (χ1v) is 13.6. The number of rotatable bonds is 3. The number of halogens is 2. The zero-order valence-electron chi connectivity index (χ0n) is 21.2. The summed E-state index contributed by atoms with van der Waals surface area (Å²) in [7, 11) is 0. The van der Waals surface area contributed by atoms with Gasteiger partial charge in [0.2, 0.25) is 0 Å². The average Bonchev–Trinajstić information content (AvgIpc) is 3.37. The Morgan fingerprint density at radius 1 is 0.971 bits per heavy atom. The molecule has 0 aliphatic heterocycles. The van der Waals surface area contributed by atoms with Crippen LogP contribution < -0.4 is 0 Å². The van der Waals surface area contributed by atoms with E-state index in [1.165, 1.54) is 30.1 Å². The van der Waals surface area contributed by atoms with Crippen LogP contribution in [0.15, 0.2) is 12.1 Å². The summed E-state index contributed by atoms with van der Waals surface area (Å²) in [6, 6.07) is 2.50. The molecule has 0 radical (unpaired) electrons. The largest absolute Gasteiger partial charge is 0.391 e. The molecule has 192 valence electrons. The molecule has 2 aromatic rings. The van der Waals surface area contributed by atoms with Crippen LogP contribution >= 0.6 is 0 Å². The van der Waals surface area contributed by atoms with Crippen LogP contribution in [-0.2, 0) is 6.54 Å². The van der Waals surface area contributed by atoms with Gasteiger partial charge >= 0.3 is 0 Å². The van der Waals surface area contributed by atoms with Crippen molar-refractivity contribution in [2.75, 3.05) is 0 Å². The van der Waals surface area contributed by atoms with E-state index in [4.69, 9.17) is 0 Å². The van der Waals surface area contributed by atoms with Crippen LogP contribution in [0.1, 0.15) is 78.6 Å². The predicted octanol–water partition coefficient (Wildman–Crippen LogP) is 5.48. The van der Waals surface area contributed by atoms with E-state index >= 15 is 0 Å². The lowest BCUT2D eigenvalue weighted by Gasteiger charge is -2.62. The number of benzene rings is 1. The first kappa shape index (κ1) is 23.8. The summed E-state index contributed by atoms with van der Waals surface area (Å²) >= 11 is 0. The van der Waals surface area contributed by atoms with Gasteiger partial charge in [-0.2, -0.15) is 15.0 Å². The third-order valence-corrected chi connectivity index (χ3v) is 11.3. The van der Waals surface area contributed by atoms with Gasteiger partial charge < -0.3 is 10.2 Å². The van der Waals surface area contributed by atoms with E-state index in [1.54, 1.807) is 0 Å². The summed E-state index contributed by atoms with van der Waals surface area (Å²) < 4.78 is 27.7. The van der Waals surface area contributed by atoms with Crippen molar-refractivity contribution in [3.8, 4) is 0 Å². The molecule has 1 aromatic carbocycles. The van der Waals surface area contributed by atoms with Crippen molar-refractivity contribution in [1.82, 2.24) is 15.0 Å². The number of aliphatic hydroxyl groups is 2. The van der Waals surface area contributed by atoms with Crippen molar-refractivity contribution in [2.45, 2.75) is 96.8 Å². The van der Waals surface area contributed by atoms with Crippen LogP contribution in [0.3, 0.4) is 0 Å². The quantitative estimate of drug-likeness (QED) is 0.601. The summed E-state index contributed by atoms with van der Waals surface area (Å²) in [6.07, 6.45) is 9.24. The van der Waals surface area contributed by atoms with Gasteiger partial charge in [-0.25, -0.2) is 8.78 Å². The Morgan fingerprint density at radius 2 is 1.74 bits per heavy atom. The molecule has 4 saturated carbocycles. The number of aromatic nitrogens is 3. The third kappa shape index (κ3) is 3.58. The Morgan fingerprint density at radius 3 is 2.54 bits per heavy atom. The molecular weight excluding hydrogens is 448 g/mol. The number of fused-ring (bicyclic) bond motifs is 6. The van der Waals surface area contributed by atoms with Gasteiger partial charge in [0.15, 0.2) is 17.2 Å². The molecule has 4 aliphatic carbocycles. The fraction of sp³-hybridized carbons (Fsp3) is 0.786. The summed E-state index contributed by atoms with van der Waals surface area (Å²) in [5, 5.41) is 30.5. The zero-order valence-corrected chi connectivity index (χ0v) is 21.2. The van der Waals surface area contributed by atoms with E-state index < -0.39 is 23.3 Å². The topological polar surface area (TPSA) is 71.2 Å². The maximum Gasteiger partial charge on any atom is 0.188 e. The van der Waals surface area contributed by atoms with Gasteiger partial charge in [0.1, 0.15) is 5.52 Å². The Hall–Kier alpha value is -1.60. The summed E-state index contributed by atoms with van der Waals surface area (Å²) in [5.74, 6) is 0.866. The van der Waals surface area contributed by atoms with Crippen LogP contribution in [0.4, 0.5) is 8.78 Å². The lowest BCUT2D eigenvalue weighted by Crippen LogP contribution is -2.56. The molecule has 0 saturated heterocycles. The van der Waals surface area contributed by atoms with Gasteiger partial charge in [-0.3, -0.25) is 0 Å². The summed E-state index contributed by atoms with van der Waals surface area (Å²) in [6.45, 7) is 7.11. The van der Waals surface area contributed by atoms with E-state index in [2.05, 4.69) is 24.0 Å². The van der Waals surface area contributed by atoms with Crippen molar-refractivity contribution < 1.29 is 19.0 Å². The number of hydrogen-bond acceptors (Lipinski definition) is 4. The van der Waals surface area contributed by atoms with Crippen molar-refractivity contribution in [3.63, 3.8) is 0 Å². The highest BCUT2D eigenvalue weighted by Crippen LogP contribution is 2.68.